The first-order valence-electron chi connectivity index (χ1n) is 11.5. The minimum atomic E-state index is -1.26. The fourth-order valence-corrected chi connectivity index (χ4v) is 4.16. The first kappa shape index (κ1) is 25.4. The van der Waals surface area contributed by atoms with E-state index in [2.05, 4.69) is 0 Å². The van der Waals surface area contributed by atoms with Crippen LogP contribution >= 0.6 is 0 Å². The molecule has 2 amide bonds. The zero-order valence-electron chi connectivity index (χ0n) is 20.3. The highest BCUT2D eigenvalue weighted by atomic mass is 16.5. The van der Waals surface area contributed by atoms with Gasteiger partial charge < -0.3 is 29.1 Å². The molecular formula is C26H34N2O6. The Labute approximate surface area is 201 Å². The zero-order chi connectivity index (χ0) is 24.7. The summed E-state index contributed by atoms with van der Waals surface area (Å²) in [6, 6.07) is 15.2. The van der Waals surface area contributed by atoms with Gasteiger partial charge in [0.1, 0.15) is 11.5 Å². The Kier molecular flexibility index (Phi) is 8.39. The Morgan fingerprint density at radius 2 is 1.88 bits per heavy atom. The maximum absolute atomic E-state index is 12.7. The lowest BCUT2D eigenvalue weighted by Gasteiger charge is -2.24. The number of methoxy groups -OCH3 is 1. The number of carboxylic acid groups (broad SMARTS) is 1. The minimum Gasteiger partial charge on any atom is -0.497 e. The number of amides is 2. The van der Waals surface area contributed by atoms with Crippen LogP contribution in [0.4, 0.5) is 4.79 Å². The van der Waals surface area contributed by atoms with Crippen molar-refractivity contribution in [3.63, 3.8) is 0 Å². The topological polar surface area (TPSA) is 88.5 Å². The van der Waals surface area contributed by atoms with Gasteiger partial charge in [0, 0.05) is 39.6 Å². The number of urea groups is 1. The van der Waals surface area contributed by atoms with Gasteiger partial charge in [0.2, 0.25) is 0 Å². The minimum absolute atomic E-state index is 0.00736. The molecule has 8 nitrogen and oxygen atoms in total. The second-order valence-corrected chi connectivity index (χ2v) is 8.71. The molecule has 1 N–H and O–H groups in total. The van der Waals surface area contributed by atoms with E-state index in [9.17, 15) is 14.7 Å². The Morgan fingerprint density at radius 3 is 2.53 bits per heavy atom. The maximum Gasteiger partial charge on any atom is 0.336 e. The lowest BCUT2D eigenvalue weighted by Crippen LogP contribution is -2.40. The highest BCUT2D eigenvalue weighted by Crippen LogP contribution is 2.23. The van der Waals surface area contributed by atoms with Gasteiger partial charge in [0.15, 0.2) is 5.60 Å². The average molecular weight is 471 g/mol. The third kappa shape index (κ3) is 6.20. The summed E-state index contributed by atoms with van der Waals surface area (Å²) in [4.78, 5) is 27.9. The van der Waals surface area contributed by atoms with Crippen molar-refractivity contribution in [1.82, 2.24) is 9.80 Å². The van der Waals surface area contributed by atoms with Gasteiger partial charge in [-0.3, -0.25) is 0 Å². The molecule has 2 atom stereocenters. The summed E-state index contributed by atoms with van der Waals surface area (Å²) in [7, 11) is 3.45. The third-order valence-electron chi connectivity index (χ3n) is 6.16. The van der Waals surface area contributed by atoms with Crippen LogP contribution in [-0.4, -0.2) is 72.5 Å². The first-order chi connectivity index (χ1) is 16.3. The normalized spacial score (nSPS) is 17.5. The Hall–Kier alpha value is -3.26. The van der Waals surface area contributed by atoms with Gasteiger partial charge >= 0.3 is 12.0 Å². The molecule has 34 heavy (non-hydrogen) atoms. The summed E-state index contributed by atoms with van der Waals surface area (Å²) >= 11 is 0. The number of aliphatic carboxylic acids is 1. The molecule has 2 unspecified atom stereocenters. The number of carbonyl (C=O) groups excluding carboxylic acids is 1. The van der Waals surface area contributed by atoms with E-state index in [1.807, 2.05) is 60.5 Å². The van der Waals surface area contributed by atoms with Gasteiger partial charge in [-0.1, -0.05) is 24.3 Å². The van der Waals surface area contributed by atoms with Gasteiger partial charge in [-0.25, -0.2) is 9.59 Å². The van der Waals surface area contributed by atoms with Gasteiger partial charge in [-0.2, -0.15) is 0 Å². The van der Waals surface area contributed by atoms with Gasteiger partial charge in [0.25, 0.3) is 0 Å². The van der Waals surface area contributed by atoms with E-state index in [0.717, 1.165) is 16.9 Å². The molecule has 0 spiro atoms. The molecule has 0 aliphatic carbocycles. The Balaban J connectivity index is 1.50. The van der Waals surface area contributed by atoms with Crippen molar-refractivity contribution in [2.45, 2.75) is 44.9 Å². The lowest BCUT2D eigenvalue weighted by atomic mass is 9.96. The van der Waals surface area contributed by atoms with E-state index in [1.54, 1.807) is 25.9 Å². The van der Waals surface area contributed by atoms with Crippen LogP contribution in [0.15, 0.2) is 48.5 Å². The number of hydrogen-bond donors (Lipinski definition) is 1. The number of benzene rings is 2. The molecule has 8 heteroatoms. The fraction of sp³-hybridized carbons (Fsp3) is 0.462. The second kappa shape index (κ2) is 11.2. The van der Waals surface area contributed by atoms with Crippen LogP contribution in [0.5, 0.6) is 11.5 Å². The Morgan fingerprint density at radius 1 is 1.15 bits per heavy atom. The number of nitrogens with zero attached hydrogens (tertiary/aromatic N) is 2. The number of hydrogen-bond acceptors (Lipinski definition) is 5. The highest BCUT2D eigenvalue weighted by Gasteiger charge is 2.35. The zero-order valence-corrected chi connectivity index (χ0v) is 20.3. The summed E-state index contributed by atoms with van der Waals surface area (Å²) in [6.07, 6.45) is 0.981. The molecule has 1 saturated heterocycles. The molecule has 1 aliphatic rings. The molecule has 0 bridgehead atoms. The molecular weight excluding hydrogens is 436 g/mol. The molecule has 0 aromatic heterocycles. The number of rotatable bonds is 12. The molecule has 2 aromatic rings. The van der Waals surface area contributed by atoms with Crippen LogP contribution in [0.2, 0.25) is 0 Å². The standard InChI is InChI=1S/C26H34N2O6/c1-5-34-26(2,24(29)30)16-19-9-11-22(12-10-19)33-14-13-21-18-28(25(31)27(21)3)17-20-7-6-8-23(15-20)32-4/h6-12,15,21H,5,13-14,16-18H2,1-4H3,(H,29,30). The molecule has 1 heterocycles. The molecule has 0 radical (unpaired) electrons. The van der Waals surface area contributed by atoms with Gasteiger partial charge in [0.05, 0.1) is 19.8 Å². The number of carboxylic acids is 1. The Bertz CT molecular complexity index is 980. The summed E-state index contributed by atoms with van der Waals surface area (Å²) < 4.78 is 16.6. The second-order valence-electron chi connectivity index (χ2n) is 8.71. The predicted octanol–water partition coefficient (Wildman–Crippen LogP) is 3.82. The molecule has 0 saturated carbocycles. The van der Waals surface area contributed by atoms with E-state index >= 15 is 0 Å². The largest absolute Gasteiger partial charge is 0.497 e. The summed E-state index contributed by atoms with van der Waals surface area (Å²) in [6.45, 7) is 5.35. The van der Waals surface area contributed by atoms with E-state index in [4.69, 9.17) is 14.2 Å². The van der Waals surface area contributed by atoms with Crippen molar-refractivity contribution in [3.8, 4) is 11.5 Å². The van der Waals surface area contributed by atoms with E-state index < -0.39 is 11.6 Å². The molecule has 1 aliphatic heterocycles. The van der Waals surface area contributed by atoms with Crippen molar-refractivity contribution < 1.29 is 28.9 Å². The van der Waals surface area contributed by atoms with Crippen LogP contribution in [0.25, 0.3) is 0 Å². The van der Waals surface area contributed by atoms with Crippen LogP contribution < -0.4 is 9.47 Å². The van der Waals surface area contributed by atoms with Crippen LogP contribution in [0.3, 0.4) is 0 Å². The average Bonchev–Trinajstić information content (AvgIpc) is 3.08. The van der Waals surface area contributed by atoms with Crippen molar-refractivity contribution in [3.05, 3.63) is 59.7 Å². The fourth-order valence-electron chi connectivity index (χ4n) is 4.16. The highest BCUT2D eigenvalue weighted by molar-refractivity contribution is 5.77. The van der Waals surface area contributed by atoms with Crippen LogP contribution in [0, 0.1) is 0 Å². The van der Waals surface area contributed by atoms with E-state index in [-0.39, 0.29) is 18.5 Å². The summed E-state index contributed by atoms with van der Waals surface area (Å²) in [5.74, 6) is 0.502. The van der Waals surface area contributed by atoms with E-state index in [0.29, 0.717) is 38.5 Å². The monoisotopic (exact) mass is 470 g/mol. The SMILES string of the molecule is CCOC(C)(Cc1ccc(OCCC2CN(Cc3cccc(OC)c3)C(=O)N2C)cc1)C(=O)O. The summed E-state index contributed by atoms with van der Waals surface area (Å²) in [5, 5.41) is 9.48. The van der Waals surface area contributed by atoms with Gasteiger partial charge in [-0.05, 0) is 49.2 Å². The van der Waals surface area contributed by atoms with Crippen molar-refractivity contribution in [2.75, 3.05) is 33.9 Å². The number of ether oxygens (including phenoxy) is 3. The van der Waals surface area contributed by atoms with Crippen molar-refractivity contribution in [2.24, 2.45) is 0 Å². The van der Waals surface area contributed by atoms with Crippen molar-refractivity contribution in [1.29, 1.82) is 0 Å². The molecule has 1 fully saturated rings. The first-order valence-corrected chi connectivity index (χ1v) is 11.5. The molecule has 2 aromatic carbocycles. The smallest absolute Gasteiger partial charge is 0.336 e. The van der Waals surface area contributed by atoms with Crippen molar-refractivity contribution >= 4 is 12.0 Å². The van der Waals surface area contributed by atoms with Crippen LogP contribution in [0.1, 0.15) is 31.4 Å². The van der Waals surface area contributed by atoms with E-state index in [1.165, 1.54) is 0 Å². The third-order valence-corrected chi connectivity index (χ3v) is 6.16. The summed E-state index contributed by atoms with van der Waals surface area (Å²) in [5.41, 5.74) is 0.634. The lowest BCUT2D eigenvalue weighted by molar-refractivity contribution is -0.162. The van der Waals surface area contributed by atoms with Crippen LogP contribution in [-0.2, 0) is 22.5 Å². The quantitative estimate of drug-likeness (QED) is 0.507. The molecule has 3 rings (SSSR count). The number of carbonyl (C=O) groups is 2. The maximum atomic E-state index is 12.7. The predicted molar refractivity (Wildman–Crippen MR) is 128 cm³/mol. The van der Waals surface area contributed by atoms with Gasteiger partial charge in [-0.15, -0.1) is 0 Å². The number of likely N-dealkylation sites (N-methyl/N-ethyl adjacent to an activating group) is 1. The molecule has 184 valence electrons.